The predicted octanol–water partition coefficient (Wildman–Crippen LogP) is 1.20. The van der Waals surface area contributed by atoms with E-state index in [4.69, 9.17) is 0 Å². The Balaban J connectivity index is 2.11. The molecule has 0 aliphatic rings. The molecule has 2 aromatic rings. The van der Waals surface area contributed by atoms with Gasteiger partial charge in [-0.1, -0.05) is 5.21 Å². The van der Waals surface area contributed by atoms with E-state index in [1.165, 1.54) is 0 Å². The molecule has 0 spiro atoms. The summed E-state index contributed by atoms with van der Waals surface area (Å²) in [5, 5.41) is 7.92. The van der Waals surface area contributed by atoms with Crippen LogP contribution < -0.4 is 0 Å². The maximum atomic E-state index is 10.8. The molecule has 0 unspecified atom stereocenters. The Morgan fingerprint density at radius 3 is 3.20 bits per heavy atom. The van der Waals surface area contributed by atoms with Crippen molar-refractivity contribution in [3.8, 4) is 0 Å². The third-order valence-electron chi connectivity index (χ3n) is 2.19. The number of fused-ring (bicyclic) bond motifs is 1. The lowest BCUT2D eigenvalue weighted by Crippen LogP contribution is -2.02. The maximum absolute atomic E-state index is 10.8. The molecule has 0 aliphatic heterocycles. The molecule has 0 amide bonds. The summed E-state index contributed by atoms with van der Waals surface area (Å²) < 4.78 is 1.78. The molecule has 15 heavy (non-hydrogen) atoms. The maximum Gasteiger partial charge on any atom is 0.201 e. The van der Waals surface area contributed by atoms with Gasteiger partial charge >= 0.3 is 0 Å². The molecule has 0 N–H and O–H groups in total. The molecule has 0 radical (unpaired) electrons. The summed E-state index contributed by atoms with van der Waals surface area (Å²) in [4.78, 5) is 14.9. The second kappa shape index (κ2) is 4.16. The summed E-state index contributed by atoms with van der Waals surface area (Å²) >= 11 is 0. The van der Waals surface area contributed by atoms with Gasteiger partial charge in [-0.25, -0.2) is 9.67 Å². The van der Waals surface area contributed by atoms with Crippen LogP contribution in [0.25, 0.3) is 11.2 Å². The van der Waals surface area contributed by atoms with Crippen LogP contribution in [0.1, 0.15) is 19.8 Å². The smallest absolute Gasteiger partial charge is 0.201 e. The Morgan fingerprint density at radius 1 is 1.53 bits per heavy atom. The van der Waals surface area contributed by atoms with Gasteiger partial charge in [0.05, 0.1) is 0 Å². The number of hydrogen-bond donors (Lipinski definition) is 0. The SMILES string of the molecule is CC(=O)CCCn1nnc2ncccc21. The summed E-state index contributed by atoms with van der Waals surface area (Å²) in [6.07, 6.45) is 3.07. The first kappa shape index (κ1) is 9.76. The van der Waals surface area contributed by atoms with E-state index in [-0.39, 0.29) is 5.78 Å². The quantitative estimate of drug-likeness (QED) is 0.750. The molecule has 0 atom stereocenters. The number of rotatable bonds is 4. The number of hydrogen-bond acceptors (Lipinski definition) is 4. The third-order valence-corrected chi connectivity index (χ3v) is 2.19. The number of carbonyl (C=O) groups is 1. The van der Waals surface area contributed by atoms with Gasteiger partial charge < -0.3 is 4.79 Å². The van der Waals surface area contributed by atoms with E-state index in [1.807, 2.05) is 12.1 Å². The number of ketones is 1. The minimum atomic E-state index is 0.206. The van der Waals surface area contributed by atoms with Crippen LogP contribution in [0.4, 0.5) is 0 Å². The van der Waals surface area contributed by atoms with Gasteiger partial charge in [-0.15, -0.1) is 5.10 Å². The fourth-order valence-corrected chi connectivity index (χ4v) is 1.45. The lowest BCUT2D eigenvalue weighted by molar-refractivity contribution is -0.117. The highest BCUT2D eigenvalue weighted by atomic mass is 16.1. The normalized spacial score (nSPS) is 10.7. The van der Waals surface area contributed by atoms with Crippen molar-refractivity contribution < 1.29 is 4.79 Å². The van der Waals surface area contributed by atoms with E-state index in [2.05, 4.69) is 15.3 Å². The molecule has 0 fully saturated rings. The largest absolute Gasteiger partial charge is 0.300 e. The van der Waals surface area contributed by atoms with Gasteiger partial charge in [-0.3, -0.25) is 0 Å². The van der Waals surface area contributed by atoms with Crippen LogP contribution in [0.3, 0.4) is 0 Å². The van der Waals surface area contributed by atoms with Gasteiger partial charge in [0.2, 0.25) is 5.65 Å². The molecule has 0 bridgehead atoms. The van der Waals surface area contributed by atoms with Crippen LogP contribution in [-0.4, -0.2) is 25.8 Å². The van der Waals surface area contributed by atoms with E-state index < -0.39 is 0 Å². The van der Waals surface area contributed by atoms with E-state index in [0.717, 1.165) is 11.9 Å². The number of carbonyl (C=O) groups excluding carboxylic acids is 1. The molecule has 78 valence electrons. The first-order chi connectivity index (χ1) is 7.27. The van der Waals surface area contributed by atoms with Crippen molar-refractivity contribution in [2.24, 2.45) is 0 Å². The van der Waals surface area contributed by atoms with Crippen LogP contribution in [0.15, 0.2) is 18.3 Å². The molecular weight excluding hydrogens is 192 g/mol. The van der Waals surface area contributed by atoms with Gasteiger partial charge in [0.25, 0.3) is 0 Å². The fourth-order valence-electron chi connectivity index (χ4n) is 1.45. The van der Waals surface area contributed by atoms with Gasteiger partial charge in [-0.2, -0.15) is 0 Å². The van der Waals surface area contributed by atoms with Crippen LogP contribution >= 0.6 is 0 Å². The van der Waals surface area contributed by atoms with Crippen molar-refractivity contribution in [2.45, 2.75) is 26.3 Å². The molecule has 5 nitrogen and oxygen atoms in total. The molecule has 0 saturated heterocycles. The van der Waals surface area contributed by atoms with Gasteiger partial charge in [0.15, 0.2) is 0 Å². The molecule has 2 aromatic heterocycles. The zero-order chi connectivity index (χ0) is 10.7. The van der Waals surface area contributed by atoms with E-state index in [1.54, 1.807) is 17.8 Å². The third kappa shape index (κ3) is 2.18. The minimum absolute atomic E-state index is 0.206. The monoisotopic (exact) mass is 204 g/mol. The van der Waals surface area contributed by atoms with E-state index in [9.17, 15) is 4.79 Å². The van der Waals surface area contributed by atoms with Gasteiger partial charge in [0.1, 0.15) is 11.3 Å². The highest BCUT2D eigenvalue weighted by Crippen LogP contribution is 2.07. The number of aryl methyl sites for hydroxylation is 1. The zero-order valence-electron chi connectivity index (χ0n) is 8.55. The summed E-state index contributed by atoms with van der Waals surface area (Å²) in [5.41, 5.74) is 1.57. The summed E-state index contributed by atoms with van der Waals surface area (Å²) in [5.74, 6) is 0.206. The van der Waals surface area contributed by atoms with Crippen molar-refractivity contribution in [2.75, 3.05) is 0 Å². The van der Waals surface area contributed by atoms with Crippen LogP contribution in [-0.2, 0) is 11.3 Å². The van der Waals surface area contributed by atoms with Gasteiger partial charge in [0, 0.05) is 19.2 Å². The number of Topliss-reactive ketones (excluding diaryl/α,β-unsaturated/α-hetero) is 1. The van der Waals surface area contributed by atoms with Crippen molar-refractivity contribution in [3.63, 3.8) is 0 Å². The Bertz CT molecular complexity index is 477. The number of aromatic nitrogens is 4. The average molecular weight is 204 g/mol. The second-order valence-electron chi connectivity index (χ2n) is 3.46. The molecule has 0 aromatic carbocycles. The molecule has 5 heteroatoms. The Hall–Kier alpha value is -1.78. The lowest BCUT2D eigenvalue weighted by Gasteiger charge is -1.99. The van der Waals surface area contributed by atoms with Crippen molar-refractivity contribution in [1.29, 1.82) is 0 Å². The highest BCUT2D eigenvalue weighted by molar-refractivity contribution is 5.75. The van der Waals surface area contributed by atoms with Gasteiger partial charge in [-0.05, 0) is 25.5 Å². The summed E-state index contributed by atoms with van der Waals surface area (Å²) in [7, 11) is 0. The minimum Gasteiger partial charge on any atom is -0.300 e. The summed E-state index contributed by atoms with van der Waals surface area (Å²) in [6.45, 7) is 2.31. The first-order valence-electron chi connectivity index (χ1n) is 4.91. The van der Waals surface area contributed by atoms with Crippen LogP contribution in [0, 0.1) is 0 Å². The molecular formula is C10H12N4O. The van der Waals surface area contributed by atoms with Crippen molar-refractivity contribution in [1.82, 2.24) is 20.0 Å². The topological polar surface area (TPSA) is 60.7 Å². The Labute approximate surface area is 87.1 Å². The Kier molecular flexibility index (Phi) is 2.71. The predicted molar refractivity (Wildman–Crippen MR) is 55.2 cm³/mol. The molecule has 2 rings (SSSR count). The van der Waals surface area contributed by atoms with E-state index >= 15 is 0 Å². The Morgan fingerprint density at radius 2 is 2.40 bits per heavy atom. The molecule has 2 heterocycles. The van der Waals surface area contributed by atoms with Crippen molar-refractivity contribution >= 4 is 16.9 Å². The van der Waals surface area contributed by atoms with Crippen LogP contribution in [0.5, 0.6) is 0 Å². The standard InChI is InChI=1S/C10H12N4O/c1-8(15)4-3-7-14-9-5-2-6-11-10(9)12-13-14/h2,5-6H,3-4,7H2,1H3. The first-order valence-corrected chi connectivity index (χ1v) is 4.91. The van der Waals surface area contributed by atoms with Crippen molar-refractivity contribution in [3.05, 3.63) is 18.3 Å². The average Bonchev–Trinajstić information content (AvgIpc) is 2.62. The zero-order valence-corrected chi connectivity index (χ0v) is 8.55. The fraction of sp³-hybridized carbons (Fsp3) is 0.400. The second-order valence-corrected chi connectivity index (χ2v) is 3.46. The number of pyridine rings is 1. The van der Waals surface area contributed by atoms with E-state index in [0.29, 0.717) is 18.6 Å². The molecule has 0 aliphatic carbocycles. The van der Waals surface area contributed by atoms with Crippen LogP contribution in [0.2, 0.25) is 0 Å². The number of nitrogens with zero attached hydrogens (tertiary/aromatic N) is 4. The highest BCUT2D eigenvalue weighted by Gasteiger charge is 2.03. The summed E-state index contributed by atoms with van der Waals surface area (Å²) in [6, 6.07) is 3.78. The molecule has 0 saturated carbocycles. The lowest BCUT2D eigenvalue weighted by atomic mass is 10.2.